The number of aromatic hydroxyl groups is 1. The van der Waals surface area contributed by atoms with Gasteiger partial charge in [0.25, 0.3) is 0 Å². The number of fused-ring (bicyclic) bond motifs is 1. The zero-order chi connectivity index (χ0) is 15.9. The predicted molar refractivity (Wildman–Crippen MR) is 93.5 cm³/mol. The van der Waals surface area contributed by atoms with Crippen molar-refractivity contribution in [2.24, 2.45) is 0 Å². The fraction of sp³-hybridized carbons (Fsp3) is 0.500. The van der Waals surface area contributed by atoms with Crippen LogP contribution in [0.5, 0.6) is 5.75 Å². The van der Waals surface area contributed by atoms with Crippen molar-refractivity contribution in [3.63, 3.8) is 0 Å². The van der Waals surface area contributed by atoms with Gasteiger partial charge in [-0.2, -0.15) is 0 Å². The molecular weight excluding hydrogens is 274 g/mol. The van der Waals surface area contributed by atoms with Crippen LogP contribution >= 0.6 is 0 Å². The minimum absolute atomic E-state index is 0.276. The summed E-state index contributed by atoms with van der Waals surface area (Å²) < 4.78 is 0. The summed E-state index contributed by atoms with van der Waals surface area (Å²) in [5.41, 5.74) is 1.82. The Balaban J connectivity index is 1.98. The maximum absolute atomic E-state index is 9.86. The lowest BCUT2D eigenvalue weighted by Crippen LogP contribution is -2.25. The van der Waals surface area contributed by atoms with Crippen LogP contribution in [-0.4, -0.2) is 40.7 Å². The summed E-state index contributed by atoms with van der Waals surface area (Å²) in [6.45, 7) is 9.95. The van der Waals surface area contributed by atoms with Gasteiger partial charge in [0, 0.05) is 23.7 Å². The van der Waals surface area contributed by atoms with Crippen molar-refractivity contribution in [1.82, 2.24) is 9.88 Å². The summed E-state index contributed by atoms with van der Waals surface area (Å²) >= 11 is 0. The second-order valence-electron chi connectivity index (χ2n) is 5.78. The molecule has 0 saturated heterocycles. The second kappa shape index (κ2) is 7.99. The van der Waals surface area contributed by atoms with E-state index >= 15 is 0 Å². The van der Waals surface area contributed by atoms with Crippen LogP contribution in [0.25, 0.3) is 10.9 Å². The molecule has 2 N–H and O–H groups in total. The standard InChI is InChI=1S/C18H27N3O/c1-4-21(5-2)11-7-8-14(3)20-17-13-16(22)12-15-9-6-10-19-18(15)17/h6,9-10,12-14,20,22H,4-5,7-8,11H2,1-3H3/t14-/m1/s1. The number of benzene rings is 1. The number of rotatable bonds is 8. The van der Waals surface area contributed by atoms with Gasteiger partial charge in [-0.1, -0.05) is 19.9 Å². The molecule has 2 rings (SSSR count). The fourth-order valence-electron chi connectivity index (χ4n) is 2.79. The van der Waals surface area contributed by atoms with Crippen LogP contribution in [0.15, 0.2) is 30.5 Å². The van der Waals surface area contributed by atoms with Crippen LogP contribution in [0, 0.1) is 0 Å². The molecule has 0 saturated carbocycles. The molecule has 4 nitrogen and oxygen atoms in total. The van der Waals surface area contributed by atoms with E-state index in [0.717, 1.165) is 42.6 Å². The van der Waals surface area contributed by atoms with E-state index in [1.54, 1.807) is 18.3 Å². The maximum atomic E-state index is 9.86. The highest BCUT2D eigenvalue weighted by atomic mass is 16.3. The minimum Gasteiger partial charge on any atom is -0.508 e. The van der Waals surface area contributed by atoms with E-state index in [1.165, 1.54) is 6.42 Å². The molecule has 1 aromatic heterocycles. The first-order chi connectivity index (χ1) is 10.6. The fourth-order valence-corrected chi connectivity index (χ4v) is 2.79. The Morgan fingerprint density at radius 2 is 2.05 bits per heavy atom. The Bertz CT molecular complexity index is 596. The summed E-state index contributed by atoms with van der Waals surface area (Å²) in [6.07, 6.45) is 4.05. The van der Waals surface area contributed by atoms with Gasteiger partial charge in [0.1, 0.15) is 5.75 Å². The number of pyridine rings is 1. The average Bonchev–Trinajstić information content (AvgIpc) is 2.51. The third kappa shape index (κ3) is 4.34. The van der Waals surface area contributed by atoms with Crippen molar-refractivity contribution in [2.45, 2.75) is 39.7 Å². The Hall–Kier alpha value is -1.81. The van der Waals surface area contributed by atoms with Crippen LogP contribution < -0.4 is 5.32 Å². The third-order valence-electron chi connectivity index (χ3n) is 4.10. The summed E-state index contributed by atoms with van der Waals surface area (Å²) in [7, 11) is 0. The van der Waals surface area contributed by atoms with Gasteiger partial charge in [-0.15, -0.1) is 0 Å². The first-order valence-electron chi connectivity index (χ1n) is 8.20. The third-order valence-corrected chi connectivity index (χ3v) is 4.10. The molecule has 0 bridgehead atoms. The van der Waals surface area contributed by atoms with E-state index in [0.29, 0.717) is 6.04 Å². The van der Waals surface area contributed by atoms with Crippen molar-refractivity contribution in [1.29, 1.82) is 0 Å². The van der Waals surface area contributed by atoms with Crippen LogP contribution in [0.3, 0.4) is 0 Å². The van der Waals surface area contributed by atoms with Crippen molar-refractivity contribution in [3.8, 4) is 5.75 Å². The Morgan fingerprint density at radius 1 is 1.27 bits per heavy atom. The molecule has 0 radical (unpaired) electrons. The second-order valence-corrected chi connectivity index (χ2v) is 5.78. The van der Waals surface area contributed by atoms with Crippen LogP contribution in [0.2, 0.25) is 0 Å². The zero-order valence-electron chi connectivity index (χ0n) is 13.8. The largest absolute Gasteiger partial charge is 0.508 e. The lowest BCUT2D eigenvalue weighted by Gasteiger charge is -2.20. The maximum Gasteiger partial charge on any atom is 0.118 e. The van der Waals surface area contributed by atoms with Crippen LogP contribution in [0.1, 0.15) is 33.6 Å². The molecule has 0 aliphatic rings. The van der Waals surface area contributed by atoms with Crippen LogP contribution in [-0.2, 0) is 0 Å². The molecule has 2 aromatic rings. The zero-order valence-corrected chi connectivity index (χ0v) is 13.8. The molecule has 0 fully saturated rings. The molecule has 0 unspecified atom stereocenters. The number of nitrogens with one attached hydrogen (secondary N) is 1. The van der Waals surface area contributed by atoms with Gasteiger partial charge in [0.2, 0.25) is 0 Å². The van der Waals surface area contributed by atoms with Gasteiger partial charge in [-0.05, 0) is 51.5 Å². The first kappa shape index (κ1) is 16.6. The van der Waals surface area contributed by atoms with E-state index in [9.17, 15) is 5.11 Å². The molecule has 1 aromatic carbocycles. The van der Waals surface area contributed by atoms with Gasteiger partial charge < -0.3 is 15.3 Å². The molecule has 0 amide bonds. The van der Waals surface area contributed by atoms with Gasteiger partial charge >= 0.3 is 0 Å². The Kier molecular flexibility index (Phi) is 6.01. The van der Waals surface area contributed by atoms with E-state index in [4.69, 9.17) is 0 Å². The van der Waals surface area contributed by atoms with Gasteiger partial charge in [-0.3, -0.25) is 4.98 Å². The van der Waals surface area contributed by atoms with E-state index in [-0.39, 0.29) is 5.75 Å². The molecule has 0 aliphatic carbocycles. The van der Waals surface area contributed by atoms with E-state index in [2.05, 4.69) is 36.0 Å². The monoisotopic (exact) mass is 301 g/mol. The Morgan fingerprint density at radius 3 is 2.77 bits per heavy atom. The molecule has 0 spiro atoms. The molecule has 0 aliphatic heterocycles. The smallest absolute Gasteiger partial charge is 0.118 e. The minimum atomic E-state index is 0.276. The number of nitrogens with zero attached hydrogens (tertiary/aromatic N) is 2. The van der Waals surface area contributed by atoms with Crippen molar-refractivity contribution in [2.75, 3.05) is 25.0 Å². The highest BCUT2D eigenvalue weighted by Gasteiger charge is 2.09. The summed E-state index contributed by atoms with van der Waals surface area (Å²) in [4.78, 5) is 6.87. The van der Waals surface area contributed by atoms with Gasteiger partial charge in [-0.25, -0.2) is 0 Å². The summed E-state index contributed by atoms with van der Waals surface area (Å²) in [6, 6.07) is 7.72. The number of hydrogen-bond acceptors (Lipinski definition) is 4. The highest BCUT2D eigenvalue weighted by Crippen LogP contribution is 2.27. The lowest BCUT2D eigenvalue weighted by molar-refractivity contribution is 0.295. The number of phenols is 1. The van der Waals surface area contributed by atoms with Gasteiger partial charge in [0.05, 0.1) is 11.2 Å². The molecule has 120 valence electrons. The molecule has 1 atom stereocenters. The lowest BCUT2D eigenvalue weighted by atomic mass is 10.1. The van der Waals surface area contributed by atoms with Crippen molar-refractivity contribution in [3.05, 3.63) is 30.5 Å². The predicted octanol–water partition coefficient (Wildman–Crippen LogP) is 3.86. The molecule has 4 heteroatoms. The molecule has 1 heterocycles. The van der Waals surface area contributed by atoms with Gasteiger partial charge in [0.15, 0.2) is 0 Å². The van der Waals surface area contributed by atoms with Crippen molar-refractivity contribution >= 4 is 16.6 Å². The number of hydrogen-bond donors (Lipinski definition) is 2. The number of anilines is 1. The highest BCUT2D eigenvalue weighted by molar-refractivity contribution is 5.91. The quantitative estimate of drug-likeness (QED) is 0.777. The number of aromatic nitrogens is 1. The molecular formula is C18H27N3O. The topological polar surface area (TPSA) is 48.4 Å². The van der Waals surface area contributed by atoms with E-state index < -0.39 is 0 Å². The summed E-state index contributed by atoms with van der Waals surface area (Å²) in [5, 5.41) is 14.3. The first-order valence-corrected chi connectivity index (χ1v) is 8.20. The summed E-state index contributed by atoms with van der Waals surface area (Å²) in [5.74, 6) is 0.276. The number of phenolic OH excluding ortho intramolecular Hbond substituents is 1. The Labute approximate surface area is 133 Å². The SMILES string of the molecule is CCN(CC)CCC[C@@H](C)Nc1cc(O)cc2cccnc12. The van der Waals surface area contributed by atoms with Crippen LogP contribution in [0.4, 0.5) is 5.69 Å². The average molecular weight is 301 g/mol. The van der Waals surface area contributed by atoms with Crippen molar-refractivity contribution < 1.29 is 5.11 Å². The normalized spacial score (nSPS) is 12.7. The van der Waals surface area contributed by atoms with E-state index in [1.807, 2.05) is 12.1 Å². The molecule has 22 heavy (non-hydrogen) atoms.